The third-order valence-corrected chi connectivity index (χ3v) is 3.90. The first-order valence-electron chi connectivity index (χ1n) is 6.82. The summed E-state index contributed by atoms with van der Waals surface area (Å²) < 4.78 is 6.84. The van der Waals surface area contributed by atoms with Crippen LogP contribution in [0.3, 0.4) is 0 Å². The highest BCUT2D eigenvalue weighted by Crippen LogP contribution is 2.22. The molecule has 0 aliphatic carbocycles. The minimum absolute atomic E-state index is 0.123. The molecule has 6 heteroatoms. The van der Waals surface area contributed by atoms with Crippen LogP contribution in [0.5, 0.6) is 0 Å². The van der Waals surface area contributed by atoms with Crippen molar-refractivity contribution in [2.45, 2.75) is 31.0 Å². The van der Waals surface area contributed by atoms with Crippen molar-refractivity contribution in [2.24, 2.45) is 0 Å². The van der Waals surface area contributed by atoms with Gasteiger partial charge >= 0.3 is 0 Å². The van der Waals surface area contributed by atoms with Gasteiger partial charge in [-0.15, -0.1) is 0 Å². The molecule has 6 nitrogen and oxygen atoms in total. The van der Waals surface area contributed by atoms with Gasteiger partial charge in [-0.25, -0.2) is 0 Å². The molecule has 0 unspecified atom stereocenters. The molecule has 0 amide bonds. The SMILES string of the molecule is O=c1c2ccccc2ccn1C[C@@H]1O[C@H](CO)[C@@H](O)[C@@H]1O. The average Bonchev–Trinajstić information content (AvgIpc) is 2.78. The maximum atomic E-state index is 12.4. The molecule has 0 radical (unpaired) electrons. The van der Waals surface area contributed by atoms with E-state index in [1.807, 2.05) is 18.2 Å². The first-order chi connectivity index (χ1) is 10.1. The molecule has 1 aliphatic rings. The normalized spacial score (nSPS) is 29.1. The molecule has 1 fully saturated rings. The third kappa shape index (κ3) is 2.47. The molecule has 2 aromatic rings. The Kier molecular flexibility index (Phi) is 3.77. The zero-order chi connectivity index (χ0) is 15.0. The summed E-state index contributed by atoms with van der Waals surface area (Å²) in [6, 6.07) is 9.07. The summed E-state index contributed by atoms with van der Waals surface area (Å²) in [5, 5.41) is 30.2. The van der Waals surface area contributed by atoms with E-state index < -0.39 is 24.4 Å². The Morgan fingerprint density at radius 3 is 2.52 bits per heavy atom. The minimum Gasteiger partial charge on any atom is -0.394 e. The van der Waals surface area contributed by atoms with Gasteiger partial charge in [-0.2, -0.15) is 0 Å². The molecule has 0 spiro atoms. The Labute approximate surface area is 120 Å². The first-order valence-corrected chi connectivity index (χ1v) is 6.82. The van der Waals surface area contributed by atoms with Gasteiger partial charge < -0.3 is 24.6 Å². The van der Waals surface area contributed by atoms with Crippen LogP contribution in [-0.4, -0.2) is 50.9 Å². The molecule has 3 N–H and O–H groups in total. The quantitative estimate of drug-likeness (QED) is 0.708. The molecule has 3 rings (SSSR count). The molecule has 21 heavy (non-hydrogen) atoms. The van der Waals surface area contributed by atoms with E-state index >= 15 is 0 Å². The summed E-state index contributed by atoms with van der Waals surface area (Å²) in [6.45, 7) is -0.250. The van der Waals surface area contributed by atoms with E-state index in [4.69, 9.17) is 9.84 Å². The minimum atomic E-state index is -1.14. The van der Waals surface area contributed by atoms with Crippen molar-refractivity contribution in [1.82, 2.24) is 4.57 Å². The molecule has 1 aliphatic heterocycles. The van der Waals surface area contributed by atoms with Gasteiger partial charge in [0.2, 0.25) is 0 Å². The zero-order valence-electron chi connectivity index (χ0n) is 11.3. The number of pyridine rings is 1. The van der Waals surface area contributed by atoms with Gasteiger partial charge in [-0.3, -0.25) is 4.79 Å². The molecule has 0 bridgehead atoms. The van der Waals surface area contributed by atoms with E-state index in [0.717, 1.165) is 5.39 Å². The van der Waals surface area contributed by atoms with E-state index in [2.05, 4.69) is 0 Å². The number of ether oxygens (including phenoxy) is 1. The topological polar surface area (TPSA) is 91.9 Å². The average molecular weight is 291 g/mol. The van der Waals surface area contributed by atoms with Gasteiger partial charge in [0.25, 0.3) is 5.56 Å². The summed E-state index contributed by atoms with van der Waals surface area (Å²) in [7, 11) is 0. The van der Waals surface area contributed by atoms with Crippen LogP contribution < -0.4 is 5.56 Å². The van der Waals surface area contributed by atoms with Crippen LogP contribution in [0.25, 0.3) is 10.8 Å². The van der Waals surface area contributed by atoms with Crippen molar-refractivity contribution in [3.63, 3.8) is 0 Å². The van der Waals surface area contributed by atoms with Gasteiger partial charge in [0.15, 0.2) is 0 Å². The Morgan fingerprint density at radius 2 is 1.81 bits per heavy atom. The summed E-state index contributed by atoms with van der Waals surface area (Å²) >= 11 is 0. The predicted octanol–water partition coefficient (Wildman–Crippen LogP) is -0.517. The van der Waals surface area contributed by atoms with Crippen LogP contribution in [0, 0.1) is 0 Å². The van der Waals surface area contributed by atoms with E-state index in [1.54, 1.807) is 18.3 Å². The molecular formula is C15H17NO5. The fraction of sp³-hybridized carbons (Fsp3) is 0.400. The fourth-order valence-corrected chi connectivity index (χ4v) is 2.69. The maximum Gasteiger partial charge on any atom is 0.258 e. The van der Waals surface area contributed by atoms with Gasteiger partial charge in [0, 0.05) is 11.6 Å². The number of aromatic nitrogens is 1. The molecule has 1 saturated heterocycles. The first kappa shape index (κ1) is 14.2. The Bertz CT molecular complexity index is 698. The highest BCUT2D eigenvalue weighted by Gasteiger charge is 2.42. The molecule has 4 atom stereocenters. The predicted molar refractivity (Wildman–Crippen MR) is 76.0 cm³/mol. The second kappa shape index (κ2) is 5.57. The molecule has 1 aromatic carbocycles. The van der Waals surface area contributed by atoms with Crippen LogP contribution in [0.1, 0.15) is 0 Å². The van der Waals surface area contributed by atoms with Gasteiger partial charge in [-0.1, -0.05) is 18.2 Å². The Balaban J connectivity index is 1.89. The third-order valence-electron chi connectivity index (χ3n) is 3.90. The molecule has 2 heterocycles. The second-order valence-corrected chi connectivity index (χ2v) is 5.24. The molecule has 0 saturated carbocycles. The molecule has 1 aromatic heterocycles. The Hall–Kier alpha value is -1.73. The van der Waals surface area contributed by atoms with Crippen molar-refractivity contribution >= 4 is 10.8 Å². The molecule has 112 valence electrons. The van der Waals surface area contributed by atoms with E-state index in [9.17, 15) is 15.0 Å². The Morgan fingerprint density at radius 1 is 1.10 bits per heavy atom. The number of fused-ring (bicyclic) bond motifs is 1. The lowest BCUT2D eigenvalue weighted by molar-refractivity contribution is -0.0267. The van der Waals surface area contributed by atoms with Crippen LogP contribution in [0.4, 0.5) is 0 Å². The number of rotatable bonds is 3. The smallest absolute Gasteiger partial charge is 0.258 e. The van der Waals surface area contributed by atoms with Crippen LogP contribution >= 0.6 is 0 Å². The van der Waals surface area contributed by atoms with E-state index in [1.165, 1.54) is 4.57 Å². The monoisotopic (exact) mass is 291 g/mol. The summed E-state index contributed by atoms with van der Waals surface area (Å²) in [5.41, 5.74) is -0.175. The van der Waals surface area contributed by atoms with Gasteiger partial charge in [0.05, 0.1) is 13.2 Å². The van der Waals surface area contributed by atoms with Gasteiger partial charge in [0.1, 0.15) is 24.4 Å². The van der Waals surface area contributed by atoms with Crippen molar-refractivity contribution in [3.05, 3.63) is 46.9 Å². The lowest BCUT2D eigenvalue weighted by atomic mass is 10.1. The maximum absolute atomic E-state index is 12.4. The van der Waals surface area contributed by atoms with E-state index in [-0.39, 0.29) is 18.7 Å². The van der Waals surface area contributed by atoms with Crippen LogP contribution in [-0.2, 0) is 11.3 Å². The van der Waals surface area contributed by atoms with Crippen molar-refractivity contribution in [3.8, 4) is 0 Å². The van der Waals surface area contributed by atoms with Crippen LogP contribution in [0.2, 0.25) is 0 Å². The summed E-state index contributed by atoms with van der Waals surface area (Å²) in [5.74, 6) is 0. The van der Waals surface area contributed by atoms with Crippen molar-refractivity contribution < 1.29 is 20.1 Å². The number of hydrogen-bond donors (Lipinski definition) is 3. The number of aliphatic hydroxyl groups is 3. The highest BCUT2D eigenvalue weighted by atomic mass is 16.6. The number of benzene rings is 1. The number of hydrogen-bond acceptors (Lipinski definition) is 5. The number of aliphatic hydroxyl groups excluding tert-OH is 3. The lowest BCUT2D eigenvalue weighted by Crippen LogP contribution is -2.36. The van der Waals surface area contributed by atoms with Crippen molar-refractivity contribution in [1.29, 1.82) is 0 Å². The fourth-order valence-electron chi connectivity index (χ4n) is 2.69. The largest absolute Gasteiger partial charge is 0.394 e. The zero-order valence-corrected chi connectivity index (χ0v) is 11.3. The highest BCUT2D eigenvalue weighted by molar-refractivity contribution is 5.81. The van der Waals surface area contributed by atoms with E-state index in [0.29, 0.717) is 5.39 Å². The van der Waals surface area contributed by atoms with Crippen LogP contribution in [0.15, 0.2) is 41.3 Å². The van der Waals surface area contributed by atoms with Crippen molar-refractivity contribution in [2.75, 3.05) is 6.61 Å². The summed E-state index contributed by atoms with van der Waals surface area (Å²) in [4.78, 5) is 12.4. The van der Waals surface area contributed by atoms with Gasteiger partial charge in [-0.05, 0) is 17.5 Å². The lowest BCUT2D eigenvalue weighted by Gasteiger charge is -2.16. The standard InChI is InChI=1S/C15H17NO5/c17-8-12-14(19)13(18)11(21-12)7-16-6-5-9-3-1-2-4-10(9)15(16)20/h1-6,11-14,17-19H,7-8H2/t11-,12+,13+,14+/m0/s1. The molecular weight excluding hydrogens is 274 g/mol. The second-order valence-electron chi connectivity index (χ2n) is 5.24. The summed E-state index contributed by atoms with van der Waals surface area (Å²) in [6.07, 6.45) is -2.17. The number of nitrogens with zero attached hydrogens (tertiary/aromatic N) is 1.